The van der Waals surface area contributed by atoms with E-state index in [0.717, 1.165) is 12.5 Å². The molecule has 3 aliphatic rings. The molecule has 4 rings (SSSR count). The predicted molar refractivity (Wildman–Crippen MR) is 91.5 cm³/mol. The molecule has 2 fully saturated rings. The number of thiophene rings is 1. The lowest BCUT2D eigenvalue weighted by atomic mass is 9.80. The fourth-order valence-electron chi connectivity index (χ4n) is 4.33. The smallest absolute Gasteiger partial charge is 0.0783 e. The highest BCUT2D eigenvalue weighted by Gasteiger charge is 2.42. The van der Waals surface area contributed by atoms with E-state index in [9.17, 15) is 0 Å². The Hall–Kier alpha value is -0.0300. The molecule has 116 valence electrons. The van der Waals surface area contributed by atoms with Crippen LogP contribution < -0.4 is 5.32 Å². The van der Waals surface area contributed by atoms with Crippen LogP contribution in [0.25, 0.3) is 0 Å². The molecule has 4 heteroatoms. The van der Waals surface area contributed by atoms with Gasteiger partial charge >= 0.3 is 0 Å². The molecule has 2 nitrogen and oxygen atoms in total. The van der Waals surface area contributed by atoms with Gasteiger partial charge in [-0.2, -0.15) is 11.8 Å². The van der Waals surface area contributed by atoms with Gasteiger partial charge in [0.25, 0.3) is 0 Å². The average Bonchev–Trinajstić information content (AvgIpc) is 3.16. The van der Waals surface area contributed by atoms with Crippen LogP contribution in [-0.4, -0.2) is 30.8 Å². The number of aryl methyl sites for hydroxylation is 2. The fourth-order valence-corrected chi connectivity index (χ4v) is 7.17. The summed E-state index contributed by atoms with van der Waals surface area (Å²) in [6.45, 7) is 0.953. The second-order valence-corrected chi connectivity index (χ2v) is 9.08. The molecule has 0 bridgehead atoms. The van der Waals surface area contributed by atoms with Gasteiger partial charge in [-0.1, -0.05) is 0 Å². The van der Waals surface area contributed by atoms with Crippen molar-refractivity contribution in [1.29, 1.82) is 0 Å². The third-order valence-electron chi connectivity index (χ3n) is 5.45. The number of thioether (sulfide) groups is 1. The van der Waals surface area contributed by atoms with Crippen LogP contribution in [0.3, 0.4) is 0 Å². The first-order chi connectivity index (χ1) is 10.3. The van der Waals surface area contributed by atoms with Gasteiger partial charge in [-0.25, -0.2) is 0 Å². The van der Waals surface area contributed by atoms with Gasteiger partial charge in [0.15, 0.2) is 0 Å². The van der Waals surface area contributed by atoms with Gasteiger partial charge < -0.3 is 10.1 Å². The number of hydrogen-bond donors (Lipinski definition) is 1. The molecule has 1 aromatic rings. The van der Waals surface area contributed by atoms with E-state index >= 15 is 0 Å². The van der Waals surface area contributed by atoms with Crippen LogP contribution in [0.5, 0.6) is 0 Å². The predicted octanol–water partition coefficient (Wildman–Crippen LogP) is 3.80. The zero-order chi connectivity index (χ0) is 14.3. The molecule has 0 saturated carbocycles. The van der Waals surface area contributed by atoms with Gasteiger partial charge in [0.05, 0.1) is 5.60 Å². The first kappa shape index (κ1) is 14.6. The van der Waals surface area contributed by atoms with Crippen LogP contribution in [0.1, 0.15) is 47.0 Å². The van der Waals surface area contributed by atoms with Crippen molar-refractivity contribution in [2.45, 2.75) is 50.2 Å². The minimum atomic E-state index is 0.197. The first-order valence-corrected chi connectivity index (χ1v) is 10.3. The van der Waals surface area contributed by atoms with Crippen molar-refractivity contribution in [3.05, 3.63) is 21.4 Å². The van der Waals surface area contributed by atoms with Gasteiger partial charge in [-0.05, 0) is 68.9 Å². The van der Waals surface area contributed by atoms with E-state index in [1.165, 1.54) is 50.0 Å². The maximum absolute atomic E-state index is 6.20. The standard InChI is InChI=1S/C17H25NOS2/c1-18-16(15-9-12-3-2-4-14(12)21-15)13-5-7-19-17(10-13)6-8-20-11-17/h9,13,16,18H,2-8,10-11H2,1H3. The lowest BCUT2D eigenvalue weighted by Crippen LogP contribution is -2.43. The summed E-state index contributed by atoms with van der Waals surface area (Å²) in [6, 6.07) is 3.03. The Balaban J connectivity index is 1.54. The van der Waals surface area contributed by atoms with Crippen molar-refractivity contribution in [2.24, 2.45) is 5.92 Å². The average molecular weight is 324 g/mol. The Morgan fingerprint density at radius 1 is 1.43 bits per heavy atom. The number of rotatable bonds is 3. The van der Waals surface area contributed by atoms with Crippen molar-refractivity contribution in [1.82, 2.24) is 5.32 Å². The minimum Gasteiger partial charge on any atom is -0.374 e. The highest BCUT2D eigenvalue weighted by Crippen LogP contribution is 2.45. The topological polar surface area (TPSA) is 21.3 Å². The van der Waals surface area contributed by atoms with E-state index in [4.69, 9.17) is 4.74 Å². The largest absolute Gasteiger partial charge is 0.374 e. The molecule has 2 aliphatic heterocycles. The van der Waals surface area contributed by atoms with Gasteiger partial charge in [0.2, 0.25) is 0 Å². The molecule has 0 radical (unpaired) electrons. The van der Waals surface area contributed by atoms with Crippen molar-refractivity contribution in [3.63, 3.8) is 0 Å². The van der Waals surface area contributed by atoms with Crippen LogP contribution >= 0.6 is 23.1 Å². The quantitative estimate of drug-likeness (QED) is 0.914. The summed E-state index contributed by atoms with van der Waals surface area (Å²) in [6.07, 6.45) is 7.69. The molecule has 3 heterocycles. The summed E-state index contributed by atoms with van der Waals surface area (Å²) in [5.41, 5.74) is 1.83. The molecule has 3 unspecified atom stereocenters. The summed E-state index contributed by atoms with van der Waals surface area (Å²) in [5.74, 6) is 3.23. The van der Waals surface area contributed by atoms with Gasteiger partial charge in [0.1, 0.15) is 0 Å². The summed E-state index contributed by atoms with van der Waals surface area (Å²) < 4.78 is 6.20. The Labute approximate surface area is 136 Å². The number of fused-ring (bicyclic) bond motifs is 1. The van der Waals surface area contributed by atoms with Crippen molar-refractivity contribution in [2.75, 3.05) is 25.2 Å². The van der Waals surface area contributed by atoms with Gasteiger partial charge in [-0.3, -0.25) is 0 Å². The third kappa shape index (κ3) is 2.69. The van der Waals surface area contributed by atoms with Crippen molar-refractivity contribution < 1.29 is 4.74 Å². The van der Waals surface area contributed by atoms with Crippen LogP contribution in [-0.2, 0) is 17.6 Å². The molecule has 1 N–H and O–H groups in total. The lowest BCUT2D eigenvalue weighted by Gasteiger charge is -2.40. The van der Waals surface area contributed by atoms with Gasteiger partial charge in [0, 0.05) is 28.2 Å². The van der Waals surface area contributed by atoms with Crippen molar-refractivity contribution in [3.8, 4) is 0 Å². The normalized spacial score (nSPS) is 33.5. The maximum Gasteiger partial charge on any atom is 0.0783 e. The minimum absolute atomic E-state index is 0.197. The Morgan fingerprint density at radius 3 is 3.14 bits per heavy atom. The molecule has 1 spiro atoms. The molecular formula is C17H25NOS2. The molecule has 2 saturated heterocycles. The summed E-state index contributed by atoms with van der Waals surface area (Å²) in [5, 5.41) is 3.63. The van der Waals surface area contributed by atoms with E-state index in [0.29, 0.717) is 6.04 Å². The zero-order valence-corrected chi connectivity index (χ0v) is 14.5. The number of nitrogens with one attached hydrogen (secondary N) is 1. The maximum atomic E-state index is 6.20. The number of hydrogen-bond acceptors (Lipinski definition) is 4. The van der Waals surface area contributed by atoms with E-state index < -0.39 is 0 Å². The molecular weight excluding hydrogens is 298 g/mol. The molecule has 3 atom stereocenters. The van der Waals surface area contributed by atoms with Crippen LogP contribution in [0, 0.1) is 5.92 Å². The lowest BCUT2D eigenvalue weighted by molar-refractivity contribution is -0.0848. The summed E-state index contributed by atoms with van der Waals surface area (Å²) in [4.78, 5) is 3.23. The van der Waals surface area contributed by atoms with E-state index in [1.807, 2.05) is 0 Å². The van der Waals surface area contributed by atoms with Crippen molar-refractivity contribution >= 4 is 23.1 Å². The SMILES string of the molecule is CNC(c1cc2c(s1)CCC2)C1CCOC2(CCSC2)C1. The molecule has 21 heavy (non-hydrogen) atoms. The highest BCUT2D eigenvalue weighted by molar-refractivity contribution is 7.99. The van der Waals surface area contributed by atoms with E-state index in [1.54, 1.807) is 15.3 Å². The molecule has 0 aromatic carbocycles. The first-order valence-electron chi connectivity index (χ1n) is 8.30. The summed E-state index contributed by atoms with van der Waals surface area (Å²) in [7, 11) is 2.14. The monoisotopic (exact) mass is 323 g/mol. The van der Waals surface area contributed by atoms with E-state index in [-0.39, 0.29) is 5.60 Å². The Morgan fingerprint density at radius 2 is 2.38 bits per heavy atom. The van der Waals surface area contributed by atoms with Gasteiger partial charge in [-0.15, -0.1) is 11.3 Å². The molecule has 1 aliphatic carbocycles. The zero-order valence-electron chi connectivity index (χ0n) is 12.8. The highest BCUT2D eigenvalue weighted by atomic mass is 32.2. The Kier molecular flexibility index (Phi) is 4.07. The summed E-state index contributed by atoms with van der Waals surface area (Å²) >= 11 is 4.14. The second-order valence-electron chi connectivity index (χ2n) is 6.80. The Bertz CT molecular complexity index is 485. The van der Waals surface area contributed by atoms with Crippen LogP contribution in [0.15, 0.2) is 6.07 Å². The number of ether oxygens (including phenoxy) is 1. The fraction of sp³-hybridized carbons (Fsp3) is 0.765. The third-order valence-corrected chi connectivity index (χ3v) is 8.00. The molecule has 1 aromatic heterocycles. The molecule has 0 amide bonds. The second kappa shape index (κ2) is 5.88. The van der Waals surface area contributed by atoms with Crippen LogP contribution in [0.2, 0.25) is 0 Å². The van der Waals surface area contributed by atoms with Crippen LogP contribution in [0.4, 0.5) is 0 Å². The van der Waals surface area contributed by atoms with E-state index in [2.05, 4.69) is 41.5 Å².